The maximum atomic E-state index is 13.2. The Morgan fingerprint density at radius 3 is 2.75 bits per heavy atom. The molecule has 0 spiro atoms. The van der Waals surface area contributed by atoms with E-state index in [0.29, 0.717) is 32.0 Å². The van der Waals surface area contributed by atoms with Gasteiger partial charge in [-0.3, -0.25) is 10.1 Å². The summed E-state index contributed by atoms with van der Waals surface area (Å²) in [6.07, 6.45) is 12.5. The zero-order valence-corrected chi connectivity index (χ0v) is 24.3. The molecule has 0 saturated carbocycles. The molecule has 1 aliphatic carbocycles. The predicted octanol–water partition coefficient (Wildman–Crippen LogP) is 3.73. The molecule has 1 heterocycles. The minimum atomic E-state index is -3.94. The molecule has 2 rings (SSSR count). The SMILES string of the molecule is C=C/C=C(\C=C/CS(=O)(=O)N(CC(C)C)C[C@@H](O)[C@H](CC1=CCCC=C1)NC(=O)OCC[C@H]1CCOC1)[N+](=O)[O-]. The van der Waals surface area contributed by atoms with Gasteiger partial charge < -0.3 is 19.9 Å². The second-order valence-corrected chi connectivity index (χ2v) is 12.4. The van der Waals surface area contributed by atoms with Crippen molar-refractivity contribution in [2.45, 2.75) is 58.1 Å². The van der Waals surface area contributed by atoms with E-state index >= 15 is 0 Å². The van der Waals surface area contributed by atoms with Crippen molar-refractivity contribution in [2.75, 3.05) is 38.7 Å². The Hall–Kier alpha value is -2.80. The highest BCUT2D eigenvalue weighted by Crippen LogP contribution is 2.19. The molecule has 1 saturated heterocycles. The van der Waals surface area contributed by atoms with Crippen LogP contribution in [0.4, 0.5) is 4.79 Å². The second kappa shape index (κ2) is 17.1. The van der Waals surface area contributed by atoms with Crippen LogP contribution in [0.15, 0.2) is 60.4 Å². The number of aliphatic hydroxyl groups is 1. The lowest BCUT2D eigenvalue weighted by atomic mass is 9.97. The molecule has 0 aromatic rings. The van der Waals surface area contributed by atoms with Gasteiger partial charge >= 0.3 is 6.09 Å². The third-order valence-corrected chi connectivity index (χ3v) is 8.22. The standard InChI is InChI=1S/C28H43N3O8S/c1-4-9-25(31(34)35)12-8-17-40(36,37)30(19-22(2)3)20-27(32)26(18-23-10-6-5-7-11-23)29-28(33)39-16-14-24-13-15-38-21-24/h4,6,8-12,22,24,26-27,32H,1,5,7,13-21H2,2-3H3,(H,29,33)/b12-8-,25-9+/t24-,26+,27-/m1/s1. The quantitative estimate of drug-likeness (QED) is 0.150. The molecule has 40 heavy (non-hydrogen) atoms. The fourth-order valence-corrected chi connectivity index (χ4v) is 5.87. The first kappa shape index (κ1) is 33.4. The molecule has 1 amide bonds. The topological polar surface area (TPSA) is 148 Å². The number of aliphatic hydroxyl groups excluding tert-OH is 1. The highest BCUT2D eigenvalue weighted by molar-refractivity contribution is 7.89. The molecule has 1 fully saturated rings. The summed E-state index contributed by atoms with van der Waals surface area (Å²) in [6, 6.07) is -0.798. The molecule has 0 bridgehead atoms. The van der Waals surface area contributed by atoms with Crippen LogP contribution >= 0.6 is 0 Å². The van der Waals surface area contributed by atoms with Crippen molar-refractivity contribution in [2.24, 2.45) is 11.8 Å². The molecular formula is C28H43N3O8S. The van der Waals surface area contributed by atoms with Gasteiger partial charge in [0, 0.05) is 38.5 Å². The Kier molecular flexibility index (Phi) is 14.3. The van der Waals surface area contributed by atoms with Gasteiger partial charge in [-0.25, -0.2) is 13.2 Å². The molecule has 3 atom stereocenters. The summed E-state index contributed by atoms with van der Waals surface area (Å²) in [5.74, 6) is -0.196. The number of nitrogens with one attached hydrogen (secondary N) is 1. The van der Waals surface area contributed by atoms with E-state index in [1.807, 2.05) is 32.1 Å². The van der Waals surface area contributed by atoms with Gasteiger partial charge in [-0.1, -0.05) is 56.4 Å². The fraction of sp³-hybridized carbons (Fsp3) is 0.607. The first-order valence-corrected chi connectivity index (χ1v) is 15.3. The number of hydrogen-bond acceptors (Lipinski definition) is 8. The number of alkyl carbamates (subject to hydrolysis) is 1. The van der Waals surface area contributed by atoms with Crippen molar-refractivity contribution < 1.29 is 32.7 Å². The second-order valence-electron chi connectivity index (χ2n) is 10.4. The lowest BCUT2D eigenvalue weighted by Crippen LogP contribution is -2.50. The van der Waals surface area contributed by atoms with Crippen molar-refractivity contribution in [3.8, 4) is 0 Å². The van der Waals surface area contributed by atoms with E-state index < -0.39 is 38.9 Å². The molecule has 1 aliphatic heterocycles. The lowest BCUT2D eigenvalue weighted by Gasteiger charge is -2.30. The monoisotopic (exact) mass is 581 g/mol. The lowest BCUT2D eigenvalue weighted by molar-refractivity contribution is -0.419. The van der Waals surface area contributed by atoms with Crippen LogP contribution < -0.4 is 5.32 Å². The van der Waals surface area contributed by atoms with Gasteiger partial charge in [0.05, 0.1) is 29.4 Å². The Morgan fingerprint density at radius 1 is 1.38 bits per heavy atom. The maximum Gasteiger partial charge on any atom is 0.407 e. The number of hydrogen-bond donors (Lipinski definition) is 2. The molecule has 0 radical (unpaired) electrons. The number of carbonyl (C=O) groups is 1. The predicted molar refractivity (Wildman–Crippen MR) is 154 cm³/mol. The molecule has 2 N–H and O–H groups in total. The van der Waals surface area contributed by atoms with Crippen molar-refractivity contribution in [3.63, 3.8) is 0 Å². The van der Waals surface area contributed by atoms with Crippen molar-refractivity contribution >= 4 is 16.1 Å². The third kappa shape index (κ3) is 12.2. The maximum absolute atomic E-state index is 13.2. The van der Waals surface area contributed by atoms with E-state index in [4.69, 9.17) is 9.47 Å². The van der Waals surface area contributed by atoms with Crippen LogP contribution in [0.2, 0.25) is 0 Å². The molecule has 0 aromatic carbocycles. The average molecular weight is 582 g/mol. The van der Waals surface area contributed by atoms with E-state index in [2.05, 4.69) is 11.9 Å². The fourth-order valence-electron chi connectivity index (χ4n) is 4.42. The summed E-state index contributed by atoms with van der Waals surface area (Å²) in [7, 11) is -3.94. The highest BCUT2D eigenvalue weighted by Gasteiger charge is 2.30. The van der Waals surface area contributed by atoms with Crippen LogP contribution in [-0.4, -0.2) is 79.7 Å². The first-order chi connectivity index (χ1) is 19.0. The van der Waals surface area contributed by atoms with Gasteiger partial charge in [-0.2, -0.15) is 4.31 Å². The molecular weight excluding hydrogens is 538 g/mol. The molecule has 12 heteroatoms. The van der Waals surface area contributed by atoms with Gasteiger partial charge in [0.2, 0.25) is 10.0 Å². The molecule has 11 nitrogen and oxygen atoms in total. The van der Waals surface area contributed by atoms with E-state index in [9.17, 15) is 28.4 Å². The van der Waals surface area contributed by atoms with Gasteiger partial charge in [0.1, 0.15) is 0 Å². The van der Waals surface area contributed by atoms with Crippen LogP contribution in [0.3, 0.4) is 0 Å². The molecule has 0 unspecified atom stereocenters. The van der Waals surface area contributed by atoms with Gasteiger partial charge in [-0.15, -0.1) is 0 Å². The summed E-state index contributed by atoms with van der Waals surface area (Å²) >= 11 is 0. The Bertz CT molecular complexity index is 1080. The van der Waals surface area contributed by atoms with Gasteiger partial charge in [-0.05, 0) is 43.9 Å². The van der Waals surface area contributed by atoms with E-state index in [1.54, 1.807) is 0 Å². The van der Waals surface area contributed by atoms with Crippen molar-refractivity contribution in [3.05, 3.63) is 70.5 Å². The zero-order valence-electron chi connectivity index (χ0n) is 23.4. The molecule has 224 valence electrons. The van der Waals surface area contributed by atoms with Crippen LogP contribution in [0.25, 0.3) is 0 Å². The number of amides is 1. The smallest absolute Gasteiger partial charge is 0.407 e. The van der Waals surface area contributed by atoms with Crippen LogP contribution in [0.1, 0.15) is 46.0 Å². The minimum absolute atomic E-state index is 0.0547. The van der Waals surface area contributed by atoms with E-state index in [0.717, 1.165) is 30.9 Å². The minimum Gasteiger partial charge on any atom is -0.450 e. The zero-order chi connectivity index (χ0) is 29.5. The number of ether oxygens (including phenoxy) is 2. The average Bonchev–Trinajstić information content (AvgIpc) is 3.41. The summed E-state index contributed by atoms with van der Waals surface area (Å²) in [5.41, 5.74) is 0.638. The van der Waals surface area contributed by atoms with Gasteiger partial charge in [0.25, 0.3) is 5.70 Å². The third-order valence-electron chi connectivity index (χ3n) is 6.53. The van der Waals surface area contributed by atoms with E-state index in [-0.39, 0.29) is 31.3 Å². The van der Waals surface area contributed by atoms with Crippen molar-refractivity contribution in [1.29, 1.82) is 0 Å². The summed E-state index contributed by atoms with van der Waals surface area (Å²) in [5, 5.41) is 25.1. The molecule has 0 aromatic heterocycles. The number of allylic oxidation sites excluding steroid dienone is 6. The van der Waals surface area contributed by atoms with Gasteiger partial charge in [0.15, 0.2) is 0 Å². The summed E-state index contributed by atoms with van der Waals surface area (Å²) < 4.78 is 38.3. The Balaban J connectivity index is 2.13. The van der Waals surface area contributed by atoms with Crippen LogP contribution in [0.5, 0.6) is 0 Å². The first-order valence-electron chi connectivity index (χ1n) is 13.7. The summed E-state index contributed by atoms with van der Waals surface area (Å²) in [6.45, 7) is 8.57. The Morgan fingerprint density at radius 2 is 2.15 bits per heavy atom. The normalized spacial score (nSPS) is 19.6. The Labute approximate surface area is 237 Å². The van der Waals surface area contributed by atoms with Crippen LogP contribution in [0, 0.1) is 22.0 Å². The number of carbonyl (C=O) groups excluding carboxylic acids is 1. The van der Waals surface area contributed by atoms with E-state index in [1.165, 1.54) is 22.5 Å². The summed E-state index contributed by atoms with van der Waals surface area (Å²) in [4.78, 5) is 23.1. The largest absolute Gasteiger partial charge is 0.450 e. The number of rotatable bonds is 17. The number of sulfonamides is 1. The highest BCUT2D eigenvalue weighted by atomic mass is 32.2. The van der Waals surface area contributed by atoms with Crippen LogP contribution in [-0.2, 0) is 19.5 Å². The molecule has 2 aliphatic rings. The number of nitro groups is 1. The number of nitrogens with zero attached hydrogens (tertiary/aromatic N) is 2. The van der Waals surface area contributed by atoms with Crippen molar-refractivity contribution in [1.82, 2.24) is 9.62 Å².